The van der Waals surface area contributed by atoms with Gasteiger partial charge in [0.15, 0.2) is 0 Å². The summed E-state index contributed by atoms with van der Waals surface area (Å²) in [5.74, 6) is 0. The van der Waals surface area contributed by atoms with E-state index in [0.29, 0.717) is 0 Å². The van der Waals surface area contributed by atoms with E-state index in [1.807, 2.05) is 0 Å². The van der Waals surface area contributed by atoms with Gasteiger partial charge in [-0.3, -0.25) is 0 Å². The smallest absolute Gasteiger partial charge is 0.512 e. The minimum atomic E-state index is 0. The van der Waals surface area contributed by atoms with Crippen molar-refractivity contribution in [3.63, 3.8) is 0 Å². The van der Waals surface area contributed by atoms with Gasteiger partial charge in [-0.05, 0) is 0 Å². The zero-order valence-electron chi connectivity index (χ0n) is 9.09. The van der Waals surface area contributed by atoms with Crippen molar-refractivity contribution in [1.29, 1.82) is 31.6 Å². The molecule has 1 radical (unpaired) electrons. The fraction of sp³-hybridized carbons (Fsp3) is 0. The Balaban J connectivity index is -0.00000000321. The number of hydrogen-bond acceptors (Lipinski definition) is 6. The Morgan fingerprint density at radius 2 is 0.312 bits per heavy atom. The summed E-state index contributed by atoms with van der Waals surface area (Å²) < 4.78 is 0. The van der Waals surface area contributed by atoms with Gasteiger partial charge in [-0.25, -0.2) is 0 Å². The molecule has 0 spiro atoms. The number of nitrogens with zero attached hydrogens (tertiary/aromatic N) is 6. The number of rotatable bonds is 0. The topological polar surface area (TPSA) is 252 Å². The first kappa shape index (κ1) is 181. The van der Waals surface area contributed by atoms with Crippen molar-refractivity contribution in [1.82, 2.24) is 18.5 Å². The van der Waals surface area contributed by atoms with Crippen LogP contribution in [0.25, 0.3) is 0 Å². The molecule has 0 unspecified atom stereocenters. The van der Waals surface area contributed by atoms with Gasteiger partial charge in [0.25, 0.3) is 0 Å². The average molecular weight is 262 g/mol. The minimum absolute atomic E-state index is 0. The van der Waals surface area contributed by atoms with Crippen LogP contribution in [0, 0.1) is 71.0 Å². The molecule has 0 aromatic rings. The van der Waals surface area contributed by atoms with Gasteiger partial charge >= 0.3 is 17.4 Å². The van der Waals surface area contributed by atoms with Gasteiger partial charge in [-0.15, -0.1) is 0 Å². The zero-order valence-corrected chi connectivity index (χ0v) is 10.4. The predicted octanol–water partition coefficient (Wildman–Crippen LogP) is 1.70. The Morgan fingerprint density at radius 3 is 0.312 bits per heavy atom. The van der Waals surface area contributed by atoms with Crippen molar-refractivity contribution in [3.8, 4) is 0 Å². The Hall–Kier alpha value is -2.65. The monoisotopic (exact) mass is 262 g/mol. The van der Waals surface area contributed by atoms with E-state index in [0.717, 1.165) is 0 Å². The van der Waals surface area contributed by atoms with Crippen molar-refractivity contribution >= 4 is 0 Å². The standard InChI is InChI=1S/6CN.Cr.3H3N/c6*1-2;;;;/h;;;;;;;3*1H3/q6*-1;+3;;;/p+3. The van der Waals surface area contributed by atoms with Gasteiger partial charge in [0.05, 0.1) is 0 Å². The molecule has 10 heteroatoms. The third-order valence-corrected chi connectivity index (χ3v) is 0. The quantitative estimate of drug-likeness (QED) is 0.546. The summed E-state index contributed by atoms with van der Waals surface area (Å²) in [6.07, 6.45) is 0. The van der Waals surface area contributed by atoms with Crippen molar-refractivity contribution < 1.29 is 17.4 Å². The Morgan fingerprint density at radius 1 is 0.312 bits per heavy atom. The Bertz CT molecular complexity index is 95.0. The molecule has 0 saturated carbocycles. The van der Waals surface area contributed by atoms with Gasteiger partial charge in [-0.2, -0.15) is 0 Å². The van der Waals surface area contributed by atoms with Gasteiger partial charge < -0.3 is 89.5 Å². The minimum Gasteiger partial charge on any atom is -0.512 e. The summed E-state index contributed by atoms with van der Waals surface area (Å²) in [7, 11) is 0. The summed E-state index contributed by atoms with van der Waals surface area (Å²) in [5, 5.41) is 37.5. The Labute approximate surface area is 107 Å². The second-order valence-electron chi connectivity index (χ2n) is 0. The maximum Gasteiger partial charge on any atom is 3.00 e. The van der Waals surface area contributed by atoms with Gasteiger partial charge in [-0.1, -0.05) is 0 Å². The molecule has 0 aliphatic rings. The summed E-state index contributed by atoms with van der Waals surface area (Å²) in [5.41, 5.74) is 0. The number of hydrogen-bond donors (Lipinski definition) is 3. The fourth-order valence-electron chi connectivity index (χ4n) is 0. The first-order valence-corrected chi connectivity index (χ1v) is 1.34. The molecule has 0 amide bonds. The van der Waals surface area contributed by atoms with Crippen LogP contribution in [0.5, 0.6) is 0 Å². The molecular weight excluding hydrogens is 250 g/mol. The van der Waals surface area contributed by atoms with Crippen LogP contribution < -0.4 is 18.5 Å². The average Bonchev–Trinajstić information content (AvgIpc) is 2.33. The van der Waals surface area contributed by atoms with E-state index in [-0.39, 0.29) is 35.8 Å². The van der Waals surface area contributed by atoms with Crippen LogP contribution in [0.2, 0.25) is 0 Å². The molecular formula is C6H12CrN9. The van der Waals surface area contributed by atoms with Crippen molar-refractivity contribution in [2.45, 2.75) is 0 Å². The molecule has 87 valence electrons. The van der Waals surface area contributed by atoms with Gasteiger partial charge in [0.2, 0.25) is 0 Å². The molecule has 0 heterocycles. The molecule has 0 rings (SSSR count). The molecule has 16 heavy (non-hydrogen) atoms. The maximum atomic E-state index is 6.25. The molecule has 0 aliphatic carbocycles. The van der Waals surface area contributed by atoms with Crippen LogP contribution >= 0.6 is 0 Å². The van der Waals surface area contributed by atoms with E-state index >= 15 is 0 Å². The van der Waals surface area contributed by atoms with Crippen molar-refractivity contribution in [2.75, 3.05) is 0 Å². The van der Waals surface area contributed by atoms with E-state index in [4.69, 9.17) is 71.0 Å². The SMILES string of the molecule is [C-]#N.[C-]#N.[C-]#N.[C-]#N.[C-]#N.[C-]#N.[Cr+3].[NH4+].[NH4+].[NH4+]. The normalized spacial score (nSPS) is 0.750. The third kappa shape index (κ3) is 174. The summed E-state index contributed by atoms with van der Waals surface area (Å²) in [4.78, 5) is 0. The molecule has 12 N–H and O–H groups in total. The molecule has 9 nitrogen and oxygen atoms in total. The van der Waals surface area contributed by atoms with Crippen LogP contribution in [0.1, 0.15) is 0 Å². The first-order chi connectivity index (χ1) is 6.00. The second-order valence-corrected chi connectivity index (χ2v) is 0. The van der Waals surface area contributed by atoms with Gasteiger partial charge in [0, 0.05) is 0 Å². The van der Waals surface area contributed by atoms with Crippen LogP contribution in [0.3, 0.4) is 0 Å². The van der Waals surface area contributed by atoms with Crippen LogP contribution in [-0.4, -0.2) is 0 Å². The molecule has 0 aromatic carbocycles. The summed E-state index contributed by atoms with van der Waals surface area (Å²) in [6, 6.07) is 0. The summed E-state index contributed by atoms with van der Waals surface area (Å²) in [6.45, 7) is 28.5. The van der Waals surface area contributed by atoms with Gasteiger partial charge in [0.1, 0.15) is 0 Å². The second kappa shape index (κ2) is 227. The predicted molar refractivity (Wildman–Crippen MR) is 47.8 cm³/mol. The molecule has 0 bridgehead atoms. The molecule has 0 aliphatic heterocycles. The number of quaternary nitrogens is 3. The van der Waals surface area contributed by atoms with E-state index in [1.165, 1.54) is 0 Å². The van der Waals surface area contributed by atoms with Crippen LogP contribution in [0.4, 0.5) is 0 Å². The maximum absolute atomic E-state index is 6.25. The van der Waals surface area contributed by atoms with E-state index in [1.54, 1.807) is 0 Å². The molecule has 0 atom stereocenters. The first-order valence-electron chi connectivity index (χ1n) is 1.34. The van der Waals surface area contributed by atoms with Crippen LogP contribution in [-0.2, 0) is 17.4 Å². The zero-order chi connectivity index (χ0) is 12.0. The molecule has 0 saturated heterocycles. The fourth-order valence-corrected chi connectivity index (χ4v) is 0. The van der Waals surface area contributed by atoms with E-state index in [2.05, 4.69) is 0 Å². The van der Waals surface area contributed by atoms with E-state index < -0.39 is 0 Å². The summed E-state index contributed by atoms with van der Waals surface area (Å²) >= 11 is 0. The molecule has 0 aromatic heterocycles. The van der Waals surface area contributed by atoms with Crippen LogP contribution in [0.15, 0.2) is 0 Å². The van der Waals surface area contributed by atoms with E-state index in [9.17, 15) is 0 Å². The van der Waals surface area contributed by atoms with Crippen molar-refractivity contribution in [2.24, 2.45) is 0 Å². The van der Waals surface area contributed by atoms with Crippen molar-refractivity contribution in [3.05, 3.63) is 39.4 Å². The Kier molecular flexibility index (Phi) is 2570. The third-order valence-electron chi connectivity index (χ3n) is 0. The molecule has 0 fully saturated rings. The largest absolute Gasteiger partial charge is 3.00 e.